The Morgan fingerprint density at radius 1 is 1.18 bits per heavy atom. The van der Waals surface area contributed by atoms with Crippen molar-refractivity contribution in [2.45, 2.75) is 51.6 Å². The fraction of sp³-hybridized carbons (Fsp3) is 0.600. The van der Waals surface area contributed by atoms with Gasteiger partial charge in [-0.1, -0.05) is 30.5 Å². The van der Waals surface area contributed by atoms with Crippen LogP contribution in [0.4, 0.5) is 5.69 Å². The van der Waals surface area contributed by atoms with Crippen molar-refractivity contribution in [3.8, 4) is 0 Å². The third-order valence-corrected chi connectivity index (χ3v) is 4.01. The monoisotopic (exact) mass is 232 g/mol. The SMILES string of the molecule is Cc1ccc(N(C)C2CCCCC2N)c(C)c1. The summed E-state index contributed by atoms with van der Waals surface area (Å²) in [5.74, 6) is 0. The zero-order valence-electron chi connectivity index (χ0n) is 11.2. The van der Waals surface area contributed by atoms with Crippen LogP contribution in [0.15, 0.2) is 18.2 Å². The lowest BCUT2D eigenvalue weighted by Crippen LogP contribution is -2.48. The maximum atomic E-state index is 6.26. The van der Waals surface area contributed by atoms with E-state index in [1.807, 2.05) is 0 Å². The lowest BCUT2D eigenvalue weighted by molar-refractivity contribution is 0.373. The van der Waals surface area contributed by atoms with Gasteiger partial charge >= 0.3 is 0 Å². The summed E-state index contributed by atoms with van der Waals surface area (Å²) in [6, 6.07) is 7.50. The summed E-state index contributed by atoms with van der Waals surface area (Å²) in [5, 5.41) is 0. The average Bonchev–Trinajstić information content (AvgIpc) is 2.29. The van der Waals surface area contributed by atoms with E-state index in [0.717, 1.165) is 0 Å². The van der Waals surface area contributed by atoms with E-state index in [1.165, 1.54) is 42.5 Å². The molecule has 1 saturated carbocycles. The van der Waals surface area contributed by atoms with Crippen LogP contribution in [-0.2, 0) is 0 Å². The van der Waals surface area contributed by atoms with Gasteiger partial charge in [0.25, 0.3) is 0 Å². The van der Waals surface area contributed by atoms with Crippen LogP contribution in [0.25, 0.3) is 0 Å². The zero-order valence-corrected chi connectivity index (χ0v) is 11.2. The maximum absolute atomic E-state index is 6.26. The summed E-state index contributed by atoms with van der Waals surface area (Å²) in [5.41, 5.74) is 10.3. The molecule has 2 N–H and O–H groups in total. The smallest absolute Gasteiger partial charge is 0.0437 e. The van der Waals surface area contributed by atoms with E-state index in [9.17, 15) is 0 Å². The Balaban J connectivity index is 2.20. The van der Waals surface area contributed by atoms with Gasteiger partial charge < -0.3 is 10.6 Å². The first kappa shape index (κ1) is 12.4. The minimum atomic E-state index is 0.328. The van der Waals surface area contributed by atoms with Crippen LogP contribution in [-0.4, -0.2) is 19.1 Å². The first-order chi connectivity index (χ1) is 8.09. The molecule has 0 amide bonds. The summed E-state index contributed by atoms with van der Waals surface area (Å²) in [4.78, 5) is 2.39. The highest BCUT2D eigenvalue weighted by atomic mass is 15.2. The molecule has 0 aromatic heterocycles. The molecule has 1 aromatic rings. The minimum absolute atomic E-state index is 0.328. The van der Waals surface area contributed by atoms with Crippen molar-refractivity contribution in [2.24, 2.45) is 5.73 Å². The van der Waals surface area contributed by atoms with E-state index in [1.54, 1.807) is 0 Å². The molecule has 2 nitrogen and oxygen atoms in total. The van der Waals surface area contributed by atoms with Gasteiger partial charge in [-0.2, -0.15) is 0 Å². The van der Waals surface area contributed by atoms with Gasteiger partial charge in [-0.15, -0.1) is 0 Å². The third-order valence-electron chi connectivity index (χ3n) is 4.01. The van der Waals surface area contributed by atoms with E-state index in [4.69, 9.17) is 5.73 Å². The second-order valence-electron chi connectivity index (χ2n) is 5.42. The Bertz CT molecular complexity index is 387. The summed E-state index contributed by atoms with van der Waals surface area (Å²) in [7, 11) is 2.19. The minimum Gasteiger partial charge on any atom is -0.370 e. The Kier molecular flexibility index (Phi) is 3.72. The van der Waals surface area contributed by atoms with E-state index >= 15 is 0 Å². The number of nitrogens with zero attached hydrogens (tertiary/aromatic N) is 1. The van der Waals surface area contributed by atoms with E-state index in [0.29, 0.717) is 12.1 Å². The first-order valence-electron chi connectivity index (χ1n) is 6.65. The molecule has 2 unspecified atom stereocenters. The number of rotatable bonds is 2. The normalized spacial score (nSPS) is 24.7. The van der Waals surface area contributed by atoms with E-state index in [2.05, 4.69) is 44.0 Å². The fourth-order valence-corrected chi connectivity index (χ4v) is 3.00. The Morgan fingerprint density at radius 2 is 1.88 bits per heavy atom. The Labute approximate surface area is 105 Å². The molecule has 2 atom stereocenters. The number of anilines is 1. The molecule has 0 saturated heterocycles. The van der Waals surface area contributed by atoms with Crippen LogP contribution in [0.1, 0.15) is 36.8 Å². The number of hydrogen-bond donors (Lipinski definition) is 1. The van der Waals surface area contributed by atoms with Gasteiger partial charge in [0.05, 0.1) is 0 Å². The van der Waals surface area contributed by atoms with E-state index < -0.39 is 0 Å². The molecule has 0 radical (unpaired) electrons. The molecule has 1 aliphatic rings. The van der Waals surface area contributed by atoms with Crippen molar-refractivity contribution in [2.75, 3.05) is 11.9 Å². The highest BCUT2D eigenvalue weighted by molar-refractivity contribution is 5.54. The van der Waals surface area contributed by atoms with Crippen molar-refractivity contribution in [3.05, 3.63) is 29.3 Å². The number of benzene rings is 1. The number of hydrogen-bond acceptors (Lipinski definition) is 2. The van der Waals surface area contributed by atoms with Gasteiger partial charge in [0.15, 0.2) is 0 Å². The summed E-state index contributed by atoms with van der Waals surface area (Å²) in [6.45, 7) is 4.33. The Morgan fingerprint density at radius 3 is 2.53 bits per heavy atom. The number of likely N-dealkylation sites (N-methyl/N-ethyl adjacent to an activating group) is 1. The van der Waals surface area contributed by atoms with Gasteiger partial charge in [-0.25, -0.2) is 0 Å². The van der Waals surface area contributed by atoms with Crippen molar-refractivity contribution in [3.63, 3.8) is 0 Å². The molecule has 0 heterocycles. The fourth-order valence-electron chi connectivity index (χ4n) is 3.00. The van der Waals surface area contributed by atoms with Crippen molar-refractivity contribution < 1.29 is 0 Å². The molecule has 2 rings (SSSR count). The largest absolute Gasteiger partial charge is 0.370 e. The molecule has 2 heteroatoms. The molecule has 0 aliphatic heterocycles. The van der Waals surface area contributed by atoms with Crippen molar-refractivity contribution >= 4 is 5.69 Å². The van der Waals surface area contributed by atoms with Crippen LogP contribution in [0.2, 0.25) is 0 Å². The molecule has 0 bridgehead atoms. The van der Waals surface area contributed by atoms with Crippen LogP contribution in [0.5, 0.6) is 0 Å². The topological polar surface area (TPSA) is 29.3 Å². The molecule has 17 heavy (non-hydrogen) atoms. The summed E-state index contributed by atoms with van der Waals surface area (Å²) < 4.78 is 0. The lowest BCUT2D eigenvalue weighted by Gasteiger charge is -2.38. The molecule has 94 valence electrons. The summed E-state index contributed by atoms with van der Waals surface area (Å²) >= 11 is 0. The van der Waals surface area contributed by atoms with Crippen LogP contribution in [0.3, 0.4) is 0 Å². The van der Waals surface area contributed by atoms with Gasteiger partial charge in [-0.3, -0.25) is 0 Å². The Hall–Kier alpha value is -1.02. The molecule has 0 spiro atoms. The van der Waals surface area contributed by atoms with E-state index in [-0.39, 0.29) is 0 Å². The number of aryl methyl sites for hydroxylation is 2. The molecular formula is C15H24N2. The molecule has 1 aliphatic carbocycles. The lowest BCUT2D eigenvalue weighted by atomic mass is 9.89. The average molecular weight is 232 g/mol. The first-order valence-corrected chi connectivity index (χ1v) is 6.65. The van der Waals surface area contributed by atoms with Gasteiger partial charge in [0.1, 0.15) is 0 Å². The standard InChI is InChI=1S/C15H24N2/c1-11-8-9-14(12(2)10-11)17(3)15-7-5-4-6-13(15)16/h8-10,13,15H,4-7,16H2,1-3H3. The second kappa shape index (κ2) is 5.09. The molecule has 1 fully saturated rings. The van der Waals surface area contributed by atoms with Gasteiger partial charge in [-0.05, 0) is 38.3 Å². The van der Waals surface area contributed by atoms with Crippen LogP contribution in [0, 0.1) is 13.8 Å². The zero-order chi connectivity index (χ0) is 12.4. The highest BCUT2D eigenvalue weighted by Crippen LogP contribution is 2.28. The third kappa shape index (κ3) is 2.63. The quantitative estimate of drug-likeness (QED) is 0.849. The maximum Gasteiger partial charge on any atom is 0.0437 e. The number of nitrogens with two attached hydrogens (primary N) is 1. The predicted molar refractivity (Wildman–Crippen MR) is 74.6 cm³/mol. The second-order valence-corrected chi connectivity index (χ2v) is 5.42. The predicted octanol–water partition coefficient (Wildman–Crippen LogP) is 3.01. The van der Waals surface area contributed by atoms with Crippen LogP contribution >= 0.6 is 0 Å². The van der Waals surface area contributed by atoms with Crippen molar-refractivity contribution in [1.82, 2.24) is 0 Å². The molecular weight excluding hydrogens is 208 g/mol. The van der Waals surface area contributed by atoms with Gasteiger partial charge in [0, 0.05) is 24.8 Å². The molecule has 1 aromatic carbocycles. The van der Waals surface area contributed by atoms with Crippen LogP contribution < -0.4 is 10.6 Å². The van der Waals surface area contributed by atoms with Gasteiger partial charge in [0.2, 0.25) is 0 Å². The van der Waals surface area contributed by atoms with Crippen molar-refractivity contribution in [1.29, 1.82) is 0 Å². The highest BCUT2D eigenvalue weighted by Gasteiger charge is 2.26. The summed E-state index contributed by atoms with van der Waals surface area (Å²) in [6.07, 6.45) is 5.00.